The number of amides is 2. The Hall–Kier alpha value is -2.25. The van der Waals surface area contributed by atoms with Gasteiger partial charge in [0.05, 0.1) is 13.2 Å². The number of aliphatic hydroxyl groups excluding tert-OH is 1. The van der Waals surface area contributed by atoms with Gasteiger partial charge in [-0.3, -0.25) is 9.59 Å². The van der Waals surface area contributed by atoms with E-state index in [9.17, 15) is 14.7 Å². The average molecular weight is 319 g/mol. The quantitative estimate of drug-likeness (QED) is 0.868. The first kappa shape index (κ1) is 16.1. The largest absolute Gasteiger partial charge is 0.392 e. The molecule has 2 rings (SSSR count). The topological polar surface area (TPSA) is 96.5 Å². The third-order valence-corrected chi connectivity index (χ3v) is 4.17. The van der Waals surface area contributed by atoms with Crippen LogP contribution in [-0.4, -0.2) is 33.9 Å². The van der Waals surface area contributed by atoms with Crippen LogP contribution < -0.4 is 5.73 Å². The van der Waals surface area contributed by atoms with Crippen molar-refractivity contribution >= 4 is 23.2 Å². The minimum Gasteiger partial charge on any atom is -0.392 e. The molecule has 0 aliphatic carbocycles. The number of carbonyl (C=O) groups excluding carboxylic acids is 2. The molecule has 1 aromatic carbocycles. The standard InChI is InChI=1S/C15H17N3O3S/c1-9-8-22-13(17-9)6-18(2)15(21)11-5-3-4-10(14(16)20)12(11)7-19/h3-5,8,19H,6-7H2,1-2H3,(H2,16,20). The van der Waals surface area contributed by atoms with Crippen molar-refractivity contribution in [3.05, 3.63) is 51.0 Å². The molecule has 22 heavy (non-hydrogen) atoms. The summed E-state index contributed by atoms with van der Waals surface area (Å²) in [5.74, 6) is -0.961. The highest BCUT2D eigenvalue weighted by molar-refractivity contribution is 7.09. The fourth-order valence-electron chi connectivity index (χ4n) is 2.14. The van der Waals surface area contributed by atoms with Gasteiger partial charge in [0.15, 0.2) is 0 Å². The summed E-state index contributed by atoms with van der Waals surface area (Å²) in [6.07, 6.45) is 0. The SMILES string of the molecule is Cc1csc(CN(C)C(=O)c2cccc(C(N)=O)c2CO)n1. The first-order chi connectivity index (χ1) is 10.4. The predicted octanol–water partition coefficient (Wildman–Crippen LogP) is 1.31. The van der Waals surface area contributed by atoms with E-state index in [-0.39, 0.29) is 22.6 Å². The van der Waals surface area contributed by atoms with Crippen molar-refractivity contribution in [3.63, 3.8) is 0 Å². The number of carbonyl (C=O) groups is 2. The van der Waals surface area contributed by atoms with E-state index < -0.39 is 12.5 Å². The van der Waals surface area contributed by atoms with E-state index >= 15 is 0 Å². The Bertz CT molecular complexity index is 712. The molecule has 3 N–H and O–H groups in total. The average Bonchev–Trinajstić information content (AvgIpc) is 2.90. The second-order valence-corrected chi connectivity index (χ2v) is 5.84. The maximum Gasteiger partial charge on any atom is 0.254 e. The highest BCUT2D eigenvalue weighted by Crippen LogP contribution is 2.18. The summed E-state index contributed by atoms with van der Waals surface area (Å²) in [5.41, 5.74) is 6.87. The fourth-order valence-corrected chi connectivity index (χ4v) is 2.97. The lowest BCUT2D eigenvalue weighted by atomic mass is 10.00. The Morgan fingerprint density at radius 3 is 2.59 bits per heavy atom. The van der Waals surface area contributed by atoms with Gasteiger partial charge in [-0.25, -0.2) is 4.98 Å². The number of hydrogen-bond donors (Lipinski definition) is 2. The third kappa shape index (κ3) is 3.32. The van der Waals surface area contributed by atoms with Gasteiger partial charge in [-0.1, -0.05) is 6.07 Å². The lowest BCUT2D eigenvalue weighted by molar-refractivity contribution is 0.0781. The first-order valence-corrected chi connectivity index (χ1v) is 7.51. The second kappa shape index (κ2) is 6.67. The molecule has 7 heteroatoms. The fraction of sp³-hybridized carbons (Fsp3) is 0.267. The van der Waals surface area contributed by atoms with Gasteiger partial charge in [0.25, 0.3) is 5.91 Å². The minimum absolute atomic E-state index is 0.159. The molecule has 0 spiro atoms. The summed E-state index contributed by atoms with van der Waals surface area (Å²) < 4.78 is 0. The minimum atomic E-state index is -0.670. The lowest BCUT2D eigenvalue weighted by Crippen LogP contribution is -2.28. The number of aliphatic hydroxyl groups is 1. The molecule has 2 amide bonds. The molecule has 0 saturated carbocycles. The second-order valence-electron chi connectivity index (χ2n) is 4.90. The molecule has 0 aliphatic heterocycles. The van der Waals surface area contributed by atoms with Crippen LogP contribution in [0.25, 0.3) is 0 Å². The summed E-state index contributed by atoms with van der Waals surface area (Å²) in [7, 11) is 1.65. The normalized spacial score (nSPS) is 10.5. The van der Waals surface area contributed by atoms with E-state index in [1.54, 1.807) is 19.2 Å². The van der Waals surface area contributed by atoms with Gasteiger partial charge in [0.1, 0.15) is 5.01 Å². The van der Waals surface area contributed by atoms with Gasteiger partial charge < -0.3 is 15.7 Å². The number of benzene rings is 1. The number of hydrogen-bond acceptors (Lipinski definition) is 5. The van der Waals surface area contributed by atoms with Gasteiger partial charge in [0, 0.05) is 34.8 Å². The van der Waals surface area contributed by atoms with Crippen molar-refractivity contribution in [1.29, 1.82) is 0 Å². The van der Waals surface area contributed by atoms with Gasteiger partial charge in [-0.05, 0) is 19.1 Å². The Balaban J connectivity index is 2.28. The van der Waals surface area contributed by atoms with E-state index in [0.717, 1.165) is 10.7 Å². The molecular weight excluding hydrogens is 302 g/mol. The zero-order valence-corrected chi connectivity index (χ0v) is 13.2. The van der Waals surface area contributed by atoms with E-state index in [0.29, 0.717) is 6.54 Å². The van der Waals surface area contributed by atoms with Crippen molar-refractivity contribution in [2.75, 3.05) is 7.05 Å². The monoisotopic (exact) mass is 319 g/mol. The third-order valence-electron chi connectivity index (χ3n) is 3.22. The van der Waals surface area contributed by atoms with Crippen LogP contribution in [0.15, 0.2) is 23.6 Å². The highest BCUT2D eigenvalue weighted by Gasteiger charge is 2.20. The summed E-state index contributed by atoms with van der Waals surface area (Å²) >= 11 is 1.48. The van der Waals surface area contributed by atoms with Crippen molar-refractivity contribution < 1.29 is 14.7 Å². The number of aryl methyl sites for hydroxylation is 1. The summed E-state index contributed by atoms with van der Waals surface area (Å²) in [6.45, 7) is 1.83. The predicted molar refractivity (Wildman–Crippen MR) is 83.5 cm³/mol. The van der Waals surface area contributed by atoms with Gasteiger partial charge in [0.2, 0.25) is 5.91 Å². The number of nitrogens with zero attached hydrogens (tertiary/aromatic N) is 2. The van der Waals surface area contributed by atoms with Crippen LogP contribution in [0.2, 0.25) is 0 Å². The molecular formula is C15H17N3O3S. The number of rotatable bonds is 5. The molecule has 0 fully saturated rings. The number of thiazole rings is 1. The lowest BCUT2D eigenvalue weighted by Gasteiger charge is -2.18. The Labute approximate surface area is 132 Å². The number of nitrogens with two attached hydrogens (primary N) is 1. The molecule has 0 saturated heterocycles. The molecule has 0 aliphatic rings. The van der Waals surface area contributed by atoms with Crippen LogP contribution in [-0.2, 0) is 13.2 Å². The summed E-state index contributed by atoms with van der Waals surface area (Å²) in [4.78, 5) is 29.8. The van der Waals surface area contributed by atoms with Crippen LogP contribution in [0.4, 0.5) is 0 Å². The Kier molecular flexibility index (Phi) is 4.89. The summed E-state index contributed by atoms with van der Waals surface area (Å²) in [6, 6.07) is 4.65. The molecule has 0 atom stereocenters. The Morgan fingerprint density at radius 1 is 1.36 bits per heavy atom. The van der Waals surface area contributed by atoms with E-state index in [1.807, 2.05) is 12.3 Å². The molecule has 0 radical (unpaired) electrons. The van der Waals surface area contributed by atoms with Crippen LogP contribution in [0.3, 0.4) is 0 Å². The van der Waals surface area contributed by atoms with Crippen LogP contribution in [0.5, 0.6) is 0 Å². The maximum atomic E-state index is 12.5. The molecule has 0 unspecified atom stereocenters. The van der Waals surface area contributed by atoms with Crippen molar-refractivity contribution in [2.24, 2.45) is 5.73 Å². The molecule has 6 nitrogen and oxygen atoms in total. The van der Waals surface area contributed by atoms with Crippen LogP contribution >= 0.6 is 11.3 Å². The van der Waals surface area contributed by atoms with Crippen molar-refractivity contribution in [3.8, 4) is 0 Å². The highest BCUT2D eigenvalue weighted by atomic mass is 32.1. The van der Waals surface area contributed by atoms with E-state index in [2.05, 4.69) is 4.98 Å². The van der Waals surface area contributed by atoms with Crippen LogP contribution in [0, 0.1) is 6.92 Å². The smallest absolute Gasteiger partial charge is 0.254 e. The van der Waals surface area contributed by atoms with Crippen molar-refractivity contribution in [1.82, 2.24) is 9.88 Å². The molecule has 0 bridgehead atoms. The Morgan fingerprint density at radius 2 is 2.05 bits per heavy atom. The van der Waals surface area contributed by atoms with Gasteiger partial charge in [-0.15, -0.1) is 11.3 Å². The van der Waals surface area contributed by atoms with Crippen molar-refractivity contribution in [2.45, 2.75) is 20.1 Å². The number of primary amides is 1. The molecule has 1 aromatic heterocycles. The molecule has 2 aromatic rings. The first-order valence-electron chi connectivity index (χ1n) is 6.63. The maximum absolute atomic E-state index is 12.5. The van der Waals surface area contributed by atoms with E-state index in [1.165, 1.54) is 22.3 Å². The number of aromatic nitrogens is 1. The summed E-state index contributed by atoms with van der Waals surface area (Å²) in [5, 5.41) is 12.2. The van der Waals surface area contributed by atoms with Gasteiger partial charge in [-0.2, -0.15) is 0 Å². The molecule has 116 valence electrons. The van der Waals surface area contributed by atoms with Gasteiger partial charge >= 0.3 is 0 Å². The zero-order valence-electron chi connectivity index (χ0n) is 12.4. The zero-order chi connectivity index (χ0) is 16.3. The van der Waals surface area contributed by atoms with E-state index in [4.69, 9.17) is 5.73 Å². The molecule has 1 heterocycles. The van der Waals surface area contributed by atoms with Crippen LogP contribution in [0.1, 0.15) is 37.0 Å².